The van der Waals surface area contributed by atoms with Crippen LogP contribution in [-0.4, -0.2) is 37.2 Å². The molecule has 0 spiro atoms. The minimum Gasteiger partial charge on any atom is -0.351 e. The van der Waals surface area contributed by atoms with Crippen LogP contribution in [0.25, 0.3) is 0 Å². The Labute approximate surface area is 129 Å². The highest BCUT2D eigenvalue weighted by atomic mass is 32.2. The van der Waals surface area contributed by atoms with Crippen molar-refractivity contribution in [2.75, 3.05) is 11.6 Å². The van der Waals surface area contributed by atoms with E-state index in [-0.39, 0.29) is 11.9 Å². The van der Waals surface area contributed by atoms with Crippen molar-refractivity contribution >= 4 is 27.5 Å². The van der Waals surface area contributed by atoms with Gasteiger partial charge in [-0.1, -0.05) is 12.1 Å². The van der Waals surface area contributed by atoms with Gasteiger partial charge in [0.2, 0.25) is 5.91 Å². The predicted molar refractivity (Wildman–Crippen MR) is 84.9 cm³/mol. The number of rotatable bonds is 5. The fraction of sp³-hybridized carbons (Fsp3) is 0.500. The summed E-state index contributed by atoms with van der Waals surface area (Å²) in [6, 6.07) is 6.55. The second-order valence-electron chi connectivity index (χ2n) is 5.23. The average molecular weight is 328 g/mol. The van der Waals surface area contributed by atoms with E-state index in [1.54, 1.807) is 49.9 Å². The molecule has 1 fully saturated rings. The first-order chi connectivity index (χ1) is 9.91. The van der Waals surface area contributed by atoms with E-state index in [0.717, 1.165) is 17.2 Å². The molecule has 1 unspecified atom stereocenters. The quantitative estimate of drug-likeness (QED) is 0.848. The smallest absolute Gasteiger partial charge is 0.238 e. The first kappa shape index (κ1) is 16.3. The number of hydrogen-bond donors (Lipinski definition) is 2. The summed E-state index contributed by atoms with van der Waals surface area (Å²) in [5, 5.41) is 5.53. The minimum absolute atomic E-state index is 0.0149. The molecule has 0 saturated carbocycles. The zero-order valence-electron chi connectivity index (χ0n) is 12.1. The maximum atomic E-state index is 12.0. The number of hydrogen-bond acceptors (Lipinski definition) is 5. The summed E-state index contributed by atoms with van der Waals surface area (Å²) in [7, 11) is -3.24. The van der Waals surface area contributed by atoms with E-state index in [2.05, 4.69) is 10.6 Å². The fourth-order valence-corrected chi connectivity index (χ4v) is 3.95. The van der Waals surface area contributed by atoms with Gasteiger partial charge in [0.1, 0.15) is 0 Å². The summed E-state index contributed by atoms with van der Waals surface area (Å²) in [5.74, 6) is 1.58. The van der Waals surface area contributed by atoms with Crippen LogP contribution in [0.5, 0.6) is 0 Å². The largest absolute Gasteiger partial charge is 0.351 e. The molecule has 0 radical (unpaired) electrons. The van der Waals surface area contributed by atoms with Crippen molar-refractivity contribution in [2.45, 2.75) is 36.6 Å². The Balaban J connectivity index is 1.95. The van der Waals surface area contributed by atoms with Gasteiger partial charge in [-0.05, 0) is 31.5 Å². The van der Waals surface area contributed by atoms with Crippen LogP contribution in [0.3, 0.4) is 0 Å². The Kier molecular flexibility index (Phi) is 5.29. The molecule has 7 heteroatoms. The number of carbonyl (C=O) groups is 1. The number of carbonyl (C=O) groups excluding carboxylic acids is 1. The van der Waals surface area contributed by atoms with E-state index >= 15 is 0 Å². The van der Waals surface area contributed by atoms with Gasteiger partial charge in [-0.25, -0.2) is 8.42 Å². The zero-order valence-corrected chi connectivity index (χ0v) is 13.8. The maximum Gasteiger partial charge on any atom is 0.238 e. The molecule has 1 aliphatic heterocycles. The number of benzene rings is 1. The SMILES string of the molecule is CC(C)S(=O)(=O)c1ccc(CNC(=O)C2CSCN2)cc1. The average Bonchev–Trinajstić information content (AvgIpc) is 2.99. The molecule has 1 aliphatic rings. The summed E-state index contributed by atoms with van der Waals surface area (Å²) in [6.07, 6.45) is 0. The molecule has 1 aromatic carbocycles. The molecule has 21 heavy (non-hydrogen) atoms. The van der Waals surface area contributed by atoms with E-state index in [4.69, 9.17) is 0 Å². The van der Waals surface area contributed by atoms with Crippen molar-refractivity contribution in [1.82, 2.24) is 10.6 Å². The van der Waals surface area contributed by atoms with Crippen LogP contribution in [0.2, 0.25) is 0 Å². The molecule has 5 nitrogen and oxygen atoms in total. The Bertz CT molecular complexity index is 591. The van der Waals surface area contributed by atoms with Gasteiger partial charge in [-0.2, -0.15) is 0 Å². The minimum atomic E-state index is -3.24. The molecule has 0 bridgehead atoms. The normalized spacial score (nSPS) is 18.9. The van der Waals surface area contributed by atoms with Gasteiger partial charge >= 0.3 is 0 Å². The first-order valence-electron chi connectivity index (χ1n) is 6.83. The standard InChI is InChI=1S/C14H20N2O3S2/c1-10(2)21(18,19)12-5-3-11(4-6-12)7-15-14(17)13-8-20-9-16-13/h3-6,10,13,16H,7-9H2,1-2H3,(H,15,17). The van der Waals surface area contributed by atoms with Gasteiger partial charge in [-0.3, -0.25) is 10.1 Å². The predicted octanol–water partition coefficient (Wildman–Crippen LogP) is 1.15. The lowest BCUT2D eigenvalue weighted by atomic mass is 10.2. The molecular formula is C14H20N2O3S2. The molecule has 2 N–H and O–H groups in total. The van der Waals surface area contributed by atoms with Crippen molar-refractivity contribution in [1.29, 1.82) is 0 Å². The van der Waals surface area contributed by atoms with Crippen LogP contribution in [0, 0.1) is 0 Å². The second kappa shape index (κ2) is 6.81. The van der Waals surface area contributed by atoms with Crippen LogP contribution < -0.4 is 10.6 Å². The number of nitrogens with one attached hydrogen (secondary N) is 2. The van der Waals surface area contributed by atoms with E-state index in [1.807, 2.05) is 0 Å². The van der Waals surface area contributed by atoms with E-state index in [9.17, 15) is 13.2 Å². The fourth-order valence-electron chi connectivity index (χ4n) is 1.95. The van der Waals surface area contributed by atoms with Gasteiger partial charge in [0.25, 0.3) is 0 Å². The topological polar surface area (TPSA) is 75.3 Å². The van der Waals surface area contributed by atoms with Crippen LogP contribution in [0.4, 0.5) is 0 Å². The Morgan fingerprint density at radius 2 is 2.05 bits per heavy atom. The Hall–Kier alpha value is -1.05. The van der Waals surface area contributed by atoms with Gasteiger partial charge in [0, 0.05) is 18.2 Å². The molecule has 1 aromatic rings. The van der Waals surface area contributed by atoms with E-state index in [1.165, 1.54) is 0 Å². The lowest BCUT2D eigenvalue weighted by Crippen LogP contribution is -2.41. The summed E-state index contributed by atoms with van der Waals surface area (Å²) >= 11 is 1.70. The molecule has 0 aliphatic carbocycles. The Morgan fingerprint density at radius 1 is 1.38 bits per heavy atom. The molecular weight excluding hydrogens is 308 g/mol. The highest BCUT2D eigenvalue weighted by Crippen LogP contribution is 2.16. The van der Waals surface area contributed by atoms with Crippen molar-refractivity contribution in [2.24, 2.45) is 0 Å². The third kappa shape index (κ3) is 3.99. The molecule has 1 heterocycles. The number of thioether (sulfide) groups is 1. The zero-order chi connectivity index (χ0) is 15.5. The summed E-state index contributed by atoms with van der Waals surface area (Å²) in [6.45, 7) is 3.73. The van der Waals surface area contributed by atoms with Crippen molar-refractivity contribution in [3.63, 3.8) is 0 Å². The van der Waals surface area contributed by atoms with Crippen LogP contribution in [-0.2, 0) is 21.2 Å². The third-order valence-electron chi connectivity index (χ3n) is 3.37. The molecule has 0 aromatic heterocycles. The van der Waals surface area contributed by atoms with Crippen molar-refractivity contribution in [3.05, 3.63) is 29.8 Å². The van der Waals surface area contributed by atoms with Crippen LogP contribution in [0.15, 0.2) is 29.2 Å². The number of sulfone groups is 1. The summed E-state index contributed by atoms with van der Waals surface area (Å²) in [4.78, 5) is 12.2. The third-order valence-corrected chi connectivity index (χ3v) is 6.48. The molecule has 1 saturated heterocycles. The van der Waals surface area contributed by atoms with Gasteiger partial charge in [0.15, 0.2) is 9.84 Å². The van der Waals surface area contributed by atoms with Crippen molar-refractivity contribution < 1.29 is 13.2 Å². The molecule has 1 atom stereocenters. The van der Waals surface area contributed by atoms with Gasteiger partial charge in [0.05, 0.1) is 16.2 Å². The molecule has 116 valence electrons. The highest BCUT2D eigenvalue weighted by Gasteiger charge is 2.22. The van der Waals surface area contributed by atoms with Crippen LogP contribution >= 0.6 is 11.8 Å². The Morgan fingerprint density at radius 3 is 2.57 bits per heavy atom. The van der Waals surface area contributed by atoms with Crippen LogP contribution in [0.1, 0.15) is 19.4 Å². The summed E-state index contributed by atoms with van der Waals surface area (Å²) < 4.78 is 24.0. The van der Waals surface area contributed by atoms with Gasteiger partial charge < -0.3 is 5.32 Å². The second-order valence-corrected chi connectivity index (χ2v) is 8.76. The molecule has 1 amide bonds. The lowest BCUT2D eigenvalue weighted by molar-refractivity contribution is -0.122. The van der Waals surface area contributed by atoms with E-state index < -0.39 is 15.1 Å². The monoisotopic (exact) mass is 328 g/mol. The lowest BCUT2D eigenvalue weighted by Gasteiger charge is -2.11. The van der Waals surface area contributed by atoms with E-state index in [0.29, 0.717) is 11.4 Å². The highest BCUT2D eigenvalue weighted by molar-refractivity contribution is 7.99. The maximum absolute atomic E-state index is 12.0. The number of amides is 1. The summed E-state index contributed by atoms with van der Waals surface area (Å²) in [5.41, 5.74) is 0.886. The first-order valence-corrected chi connectivity index (χ1v) is 9.53. The van der Waals surface area contributed by atoms with Crippen molar-refractivity contribution in [3.8, 4) is 0 Å². The van der Waals surface area contributed by atoms with Gasteiger partial charge in [-0.15, -0.1) is 11.8 Å². The molecule has 2 rings (SSSR count).